The summed E-state index contributed by atoms with van der Waals surface area (Å²) in [5.74, 6) is -1.36. The summed E-state index contributed by atoms with van der Waals surface area (Å²) >= 11 is 7.44. The van der Waals surface area contributed by atoms with Gasteiger partial charge in [-0.3, -0.25) is 4.79 Å². The Morgan fingerprint density at radius 2 is 2.00 bits per heavy atom. The van der Waals surface area contributed by atoms with Crippen molar-refractivity contribution in [3.63, 3.8) is 0 Å². The van der Waals surface area contributed by atoms with Gasteiger partial charge in [0.25, 0.3) is 4.45 Å². The van der Waals surface area contributed by atoms with Crippen LogP contribution in [0.3, 0.4) is 0 Å². The molecule has 28 heavy (non-hydrogen) atoms. The summed E-state index contributed by atoms with van der Waals surface area (Å²) in [4.78, 5) is 16.3. The quantitative estimate of drug-likeness (QED) is 0.405. The molecule has 1 heterocycles. The maximum atomic E-state index is 14.2. The largest absolute Gasteiger partial charge is 0.336 e. The van der Waals surface area contributed by atoms with Gasteiger partial charge in [-0.15, -0.1) is 0 Å². The van der Waals surface area contributed by atoms with Crippen molar-refractivity contribution in [1.82, 2.24) is 9.55 Å². The summed E-state index contributed by atoms with van der Waals surface area (Å²) in [6.07, 6.45) is 4.88. The predicted molar refractivity (Wildman–Crippen MR) is 108 cm³/mol. The third-order valence-electron chi connectivity index (χ3n) is 3.75. The highest BCUT2D eigenvalue weighted by Gasteiger charge is 2.22. The lowest BCUT2D eigenvalue weighted by Gasteiger charge is -2.17. The molecule has 2 aromatic carbocycles. The van der Waals surface area contributed by atoms with E-state index in [0.717, 1.165) is 23.4 Å². The van der Waals surface area contributed by atoms with Crippen LogP contribution in [-0.2, 0) is 17.3 Å². The number of benzene rings is 2. The summed E-state index contributed by atoms with van der Waals surface area (Å²) < 4.78 is 34.3. The van der Waals surface area contributed by atoms with Gasteiger partial charge in [0.1, 0.15) is 11.6 Å². The van der Waals surface area contributed by atoms with Crippen LogP contribution in [0.5, 0.6) is 0 Å². The molecule has 0 bridgehead atoms. The van der Waals surface area contributed by atoms with Crippen molar-refractivity contribution in [2.45, 2.75) is 18.4 Å². The van der Waals surface area contributed by atoms with Crippen molar-refractivity contribution >= 4 is 39.9 Å². The Bertz CT molecular complexity index is 924. The normalized spacial score (nSPS) is 12.1. The van der Waals surface area contributed by atoms with Gasteiger partial charge in [0.2, 0.25) is 0 Å². The zero-order valence-corrected chi connectivity index (χ0v) is 16.8. The molecule has 0 aliphatic heterocycles. The fraction of sp³-hybridized carbons (Fsp3) is 0.158. The van der Waals surface area contributed by atoms with Crippen molar-refractivity contribution in [3.05, 3.63) is 89.0 Å². The highest BCUT2D eigenvalue weighted by atomic mass is 35.5. The molecule has 9 heteroatoms. The second-order valence-corrected chi connectivity index (χ2v) is 8.40. The van der Waals surface area contributed by atoms with E-state index in [2.05, 4.69) is 4.98 Å². The average molecular weight is 441 g/mol. The van der Waals surface area contributed by atoms with Crippen LogP contribution in [0.1, 0.15) is 16.4 Å². The van der Waals surface area contributed by atoms with E-state index in [1.54, 1.807) is 47.6 Å². The highest BCUT2D eigenvalue weighted by Crippen LogP contribution is 2.36. The lowest BCUT2D eigenvalue weighted by Crippen LogP contribution is -2.08. The molecule has 0 saturated carbocycles. The number of halogens is 3. The lowest BCUT2D eigenvalue weighted by atomic mass is 10.1. The Morgan fingerprint density at radius 1 is 1.21 bits per heavy atom. The van der Waals surface area contributed by atoms with Gasteiger partial charge >= 0.3 is 0 Å². The first kappa shape index (κ1) is 20.9. The predicted octanol–water partition coefficient (Wildman–Crippen LogP) is 6.27. The highest BCUT2D eigenvalue weighted by molar-refractivity contribution is 8.36. The Morgan fingerprint density at radius 3 is 2.68 bits per heavy atom. The van der Waals surface area contributed by atoms with Gasteiger partial charge in [-0.1, -0.05) is 41.6 Å². The molecule has 0 aliphatic carbocycles. The number of thioether (sulfide) groups is 1. The molecule has 0 amide bonds. The first-order valence-corrected chi connectivity index (χ1v) is 10.2. The maximum absolute atomic E-state index is 14.2. The van der Waals surface area contributed by atoms with E-state index in [1.165, 1.54) is 12.1 Å². The van der Waals surface area contributed by atoms with Crippen molar-refractivity contribution in [3.8, 4) is 0 Å². The average Bonchev–Trinajstić information content (AvgIpc) is 3.16. The summed E-state index contributed by atoms with van der Waals surface area (Å²) in [5, 5.41) is 0.0561. The van der Waals surface area contributed by atoms with E-state index in [0.29, 0.717) is 23.6 Å². The van der Waals surface area contributed by atoms with Crippen LogP contribution in [0.2, 0.25) is 5.02 Å². The van der Waals surface area contributed by atoms with E-state index in [-0.39, 0.29) is 16.6 Å². The van der Waals surface area contributed by atoms with Gasteiger partial charge < -0.3 is 8.75 Å². The zero-order valence-electron chi connectivity index (χ0n) is 14.4. The minimum absolute atomic E-state index is 0.227. The Hall–Kier alpha value is -1.87. The Labute approximate surface area is 174 Å². The Kier molecular flexibility index (Phi) is 7.50. The summed E-state index contributed by atoms with van der Waals surface area (Å²) in [6.45, 7) is 0.530. The molecule has 0 aliphatic rings. The van der Waals surface area contributed by atoms with Gasteiger partial charge in [0, 0.05) is 35.6 Å². The molecule has 0 spiro atoms. The van der Waals surface area contributed by atoms with Crippen LogP contribution < -0.4 is 0 Å². The molecule has 1 aromatic heterocycles. The van der Waals surface area contributed by atoms with Crippen LogP contribution in [0.4, 0.5) is 13.6 Å². The number of nitrogens with zero attached hydrogens (tertiary/aromatic N) is 2. The van der Waals surface area contributed by atoms with E-state index < -0.39 is 16.9 Å². The van der Waals surface area contributed by atoms with Crippen LogP contribution in [0.25, 0.3) is 0 Å². The van der Waals surface area contributed by atoms with E-state index in [1.807, 2.05) is 0 Å². The van der Waals surface area contributed by atoms with Crippen molar-refractivity contribution in [1.29, 1.82) is 0 Å². The van der Waals surface area contributed by atoms with Crippen LogP contribution in [0.15, 0.2) is 61.2 Å². The molecule has 1 unspecified atom stereocenters. The minimum Gasteiger partial charge on any atom is -0.336 e. The van der Waals surface area contributed by atoms with Gasteiger partial charge in [-0.25, -0.2) is 13.8 Å². The molecule has 4 nitrogen and oxygen atoms in total. The van der Waals surface area contributed by atoms with Crippen LogP contribution >= 0.6 is 35.4 Å². The fourth-order valence-electron chi connectivity index (χ4n) is 2.41. The first-order chi connectivity index (χ1) is 13.5. The molecule has 0 radical (unpaired) electrons. The molecular formula is C19H15ClF2N2O2S2. The van der Waals surface area contributed by atoms with Crippen LogP contribution in [0, 0.1) is 11.6 Å². The second-order valence-electron chi connectivity index (χ2n) is 5.75. The minimum atomic E-state index is -0.697. The van der Waals surface area contributed by atoms with Gasteiger partial charge in [-0.05, 0) is 23.8 Å². The van der Waals surface area contributed by atoms with E-state index in [4.69, 9.17) is 15.8 Å². The maximum Gasteiger partial charge on any atom is 0.273 e. The van der Waals surface area contributed by atoms with Gasteiger partial charge in [-0.2, -0.15) is 0 Å². The van der Waals surface area contributed by atoms with Crippen molar-refractivity contribution in [2.24, 2.45) is 0 Å². The van der Waals surface area contributed by atoms with Crippen LogP contribution in [-0.4, -0.2) is 14.0 Å². The van der Waals surface area contributed by atoms with E-state index in [9.17, 15) is 13.6 Å². The number of rotatable bonds is 7. The number of hydrogen-bond acceptors (Lipinski definition) is 5. The molecule has 3 aromatic rings. The zero-order chi connectivity index (χ0) is 19.9. The summed E-state index contributed by atoms with van der Waals surface area (Å²) in [6, 6.07) is 10.4. The smallest absolute Gasteiger partial charge is 0.273 e. The van der Waals surface area contributed by atoms with Gasteiger partial charge in [0.15, 0.2) is 0 Å². The summed E-state index contributed by atoms with van der Waals surface area (Å²) in [5.41, 5.74) is 1.11. The molecule has 0 fully saturated rings. The Balaban J connectivity index is 1.63. The third kappa shape index (κ3) is 6.07. The number of hydrogen-bond donors (Lipinski definition) is 0. The monoisotopic (exact) mass is 440 g/mol. The molecule has 0 saturated heterocycles. The number of imidazole rings is 1. The lowest BCUT2D eigenvalue weighted by molar-refractivity contribution is 0.273. The standard InChI is InChI=1S/C19H15ClF2N2O2S2/c20-14-3-1-13(2-4-14)11-26-28-19(25)27-18(10-24-8-7-23-12-24)16-6-5-15(21)9-17(16)22/h1-9,12,18H,10-11H2. The summed E-state index contributed by atoms with van der Waals surface area (Å²) in [7, 11) is 0. The molecule has 0 N–H and O–H groups in total. The topological polar surface area (TPSA) is 44.1 Å². The van der Waals surface area contributed by atoms with Gasteiger partial charge in [0.05, 0.1) is 30.2 Å². The SMILES string of the molecule is O=C(SOCc1ccc(Cl)cc1)SC(Cn1ccnc1)c1ccc(F)cc1F. The molecular weight excluding hydrogens is 426 g/mol. The second kappa shape index (κ2) is 10.1. The van der Waals surface area contributed by atoms with Crippen molar-refractivity contribution < 1.29 is 17.8 Å². The number of carbonyl (C=O) groups is 1. The van der Waals surface area contributed by atoms with E-state index >= 15 is 0 Å². The number of aromatic nitrogens is 2. The fourth-order valence-corrected chi connectivity index (χ4v) is 4.27. The number of carbonyl (C=O) groups excluding carboxylic acids is 1. The molecule has 146 valence electrons. The first-order valence-electron chi connectivity index (χ1n) is 8.16. The third-order valence-corrected chi connectivity index (χ3v) is 5.75. The molecule has 3 rings (SSSR count). The molecule has 1 atom stereocenters. The van der Waals surface area contributed by atoms with Crippen molar-refractivity contribution in [2.75, 3.05) is 0 Å².